The summed E-state index contributed by atoms with van der Waals surface area (Å²) in [4.78, 5) is 28.7. The number of rotatable bonds is 10. The van der Waals surface area contributed by atoms with E-state index in [-0.39, 0.29) is 54.6 Å². The number of fused-ring (bicyclic) bond motifs is 2. The third-order valence-electron chi connectivity index (χ3n) is 7.13. The van der Waals surface area contributed by atoms with E-state index in [0.717, 1.165) is 72.8 Å². The Bertz CT molecular complexity index is 1910. The number of benzene rings is 2. The van der Waals surface area contributed by atoms with E-state index in [1.54, 1.807) is 0 Å². The summed E-state index contributed by atoms with van der Waals surface area (Å²) in [6.45, 7) is 3.67. The van der Waals surface area contributed by atoms with Crippen molar-refractivity contribution in [3.8, 4) is 0 Å². The average molecular weight is 948 g/mol. The van der Waals surface area contributed by atoms with Crippen LogP contribution in [0.4, 0.5) is 0 Å². The van der Waals surface area contributed by atoms with Crippen LogP contribution in [0.25, 0.3) is 85.7 Å². The van der Waals surface area contributed by atoms with Crippen molar-refractivity contribution in [2.24, 2.45) is 0 Å². The van der Waals surface area contributed by atoms with Gasteiger partial charge in [-0.1, -0.05) is 60.7 Å². The number of para-hydroxylation sites is 2. The van der Waals surface area contributed by atoms with Crippen LogP contribution in [0.1, 0.15) is 22.8 Å². The summed E-state index contributed by atoms with van der Waals surface area (Å²) in [6, 6.07) is 37.1. The molecule has 0 amide bonds. The molecule has 0 N–H and O–H groups in total. The van der Waals surface area contributed by atoms with Crippen molar-refractivity contribution < 1.29 is 54.6 Å². The van der Waals surface area contributed by atoms with E-state index in [9.17, 15) is 0 Å². The smallest absolute Gasteiger partial charge is 0.373 e. The Morgan fingerprint density at radius 3 is 1.07 bits per heavy atom. The van der Waals surface area contributed by atoms with Gasteiger partial charge in [-0.15, -0.1) is 0 Å². The van der Waals surface area contributed by atoms with Crippen molar-refractivity contribution in [3.63, 3.8) is 0 Å². The maximum Gasteiger partial charge on any atom is 2.00 e. The fraction of sp³-hybridized carbons (Fsp3) is 0.222. The molecular weight excluding hydrogens is 909 g/mol. The zero-order valence-corrected chi connectivity index (χ0v) is 39.3. The Hall–Kier alpha value is -5.44. The predicted octanol–water partition coefficient (Wildman–Crippen LogP) is 10.1. The van der Waals surface area contributed by atoms with Gasteiger partial charge in [0.1, 0.15) is 0 Å². The molecule has 0 spiro atoms. The second-order valence-electron chi connectivity index (χ2n) is 11.0. The SMILES string of the molecule is CN(CCc1ccccn1)Cc1ccc2ccccc2n1.CN(CCc1ccccn1)Cc1ccc2ccccc2n1.[Cd+2].[Cd+2].[N-]=[N+]=[N-].[N-]=[N+]=[N-].[N-]=[N+]=[N-].[N-]=[N+]=[N-]. The van der Waals surface area contributed by atoms with Gasteiger partial charge in [-0.3, -0.25) is 39.6 Å². The number of hydrogen-bond acceptors (Lipinski definition) is 6. The van der Waals surface area contributed by atoms with Crippen LogP contribution in [0.3, 0.4) is 0 Å². The molecule has 0 atom stereocenters. The number of likely N-dealkylation sites (N-methyl/N-ethyl adjacent to an activating group) is 2. The molecular formula is C36H38Cd2N18. The summed E-state index contributed by atoms with van der Waals surface area (Å²) in [7, 11) is 4.25. The van der Waals surface area contributed by atoms with E-state index in [1.807, 2.05) is 60.9 Å². The van der Waals surface area contributed by atoms with E-state index in [2.05, 4.69) is 94.5 Å². The molecule has 6 aromatic rings. The first kappa shape index (κ1) is 52.7. The molecule has 0 saturated heterocycles. The van der Waals surface area contributed by atoms with Crippen molar-refractivity contribution >= 4 is 21.8 Å². The summed E-state index contributed by atoms with van der Waals surface area (Å²) >= 11 is 0. The number of hydrogen-bond donors (Lipinski definition) is 0. The van der Waals surface area contributed by atoms with Gasteiger partial charge in [0.05, 0.1) is 22.4 Å². The molecule has 20 heteroatoms. The van der Waals surface area contributed by atoms with E-state index in [4.69, 9.17) is 54.2 Å². The van der Waals surface area contributed by atoms with Gasteiger partial charge in [-0.05, 0) is 62.6 Å². The third kappa shape index (κ3) is 23.4. The largest absolute Gasteiger partial charge is 2.00 e. The fourth-order valence-electron chi connectivity index (χ4n) is 4.81. The molecule has 56 heavy (non-hydrogen) atoms. The second kappa shape index (κ2) is 34.1. The van der Waals surface area contributed by atoms with E-state index >= 15 is 0 Å². The summed E-state index contributed by atoms with van der Waals surface area (Å²) in [5.74, 6) is 0. The van der Waals surface area contributed by atoms with Gasteiger partial charge in [0.2, 0.25) is 0 Å². The van der Waals surface area contributed by atoms with Crippen LogP contribution in [0, 0.1) is 0 Å². The normalized spacial score (nSPS) is 8.93. The predicted molar refractivity (Wildman–Crippen MR) is 212 cm³/mol. The van der Waals surface area contributed by atoms with Gasteiger partial charge in [0, 0.05) is 73.6 Å². The maximum absolute atomic E-state index is 6.75. The zero-order chi connectivity index (χ0) is 39.8. The first-order chi connectivity index (χ1) is 26.3. The molecule has 0 aliphatic heterocycles. The summed E-state index contributed by atoms with van der Waals surface area (Å²) in [5, 5.41) is 2.38. The van der Waals surface area contributed by atoms with Crippen LogP contribution >= 0.6 is 0 Å². The minimum atomic E-state index is 0. The number of aromatic nitrogens is 4. The van der Waals surface area contributed by atoms with Crippen LogP contribution in [-0.2, 0) is 80.5 Å². The number of pyridine rings is 4. The summed E-state index contributed by atoms with van der Waals surface area (Å²) in [6.07, 6.45) is 5.62. The molecule has 0 radical (unpaired) electrons. The van der Waals surface area contributed by atoms with Crippen molar-refractivity contribution in [1.29, 1.82) is 0 Å². The second-order valence-corrected chi connectivity index (χ2v) is 11.0. The Morgan fingerprint density at radius 1 is 0.429 bits per heavy atom. The van der Waals surface area contributed by atoms with Crippen LogP contribution in [0.15, 0.2) is 122 Å². The Labute approximate surface area is 365 Å². The van der Waals surface area contributed by atoms with Crippen LogP contribution in [0.5, 0.6) is 0 Å². The van der Waals surface area contributed by atoms with Crippen molar-refractivity contribution in [2.75, 3.05) is 27.2 Å². The van der Waals surface area contributed by atoms with Gasteiger partial charge in [0.15, 0.2) is 0 Å². The number of nitrogens with zero attached hydrogens (tertiary/aromatic N) is 18. The summed E-state index contributed by atoms with van der Waals surface area (Å²) < 4.78 is 0. The first-order valence-electron chi connectivity index (χ1n) is 16.1. The van der Waals surface area contributed by atoms with E-state index in [0.29, 0.717) is 0 Å². The average Bonchev–Trinajstić information content (AvgIpc) is 3.19. The first-order valence-corrected chi connectivity index (χ1v) is 16.1. The molecule has 0 fully saturated rings. The van der Waals surface area contributed by atoms with E-state index < -0.39 is 0 Å². The molecule has 276 valence electrons. The van der Waals surface area contributed by atoms with Crippen LogP contribution < -0.4 is 0 Å². The fourth-order valence-corrected chi connectivity index (χ4v) is 4.81. The Balaban J connectivity index is 0. The van der Waals surface area contributed by atoms with Gasteiger partial charge >= 0.3 is 54.6 Å². The molecule has 0 aliphatic rings. The van der Waals surface area contributed by atoms with Crippen molar-refractivity contribution in [2.45, 2.75) is 25.9 Å². The van der Waals surface area contributed by atoms with E-state index in [1.165, 1.54) is 30.4 Å². The molecule has 0 bridgehead atoms. The van der Waals surface area contributed by atoms with Gasteiger partial charge in [0.25, 0.3) is 0 Å². The maximum atomic E-state index is 6.75. The van der Waals surface area contributed by atoms with Crippen molar-refractivity contribution in [3.05, 3.63) is 208 Å². The third-order valence-corrected chi connectivity index (χ3v) is 7.13. The molecule has 18 nitrogen and oxygen atoms in total. The summed E-state index contributed by atoms with van der Waals surface area (Å²) in [5.41, 5.74) is 60.6. The van der Waals surface area contributed by atoms with Crippen LogP contribution in [0.2, 0.25) is 0 Å². The quantitative estimate of drug-likeness (QED) is 0.0556. The van der Waals surface area contributed by atoms with Gasteiger partial charge in [-0.2, -0.15) is 0 Å². The minimum Gasteiger partial charge on any atom is -0.373 e. The zero-order valence-electron chi connectivity index (χ0n) is 31.3. The topological polar surface area (TPSA) is 293 Å². The molecule has 4 heterocycles. The van der Waals surface area contributed by atoms with Gasteiger partial charge < -0.3 is 54.0 Å². The van der Waals surface area contributed by atoms with Crippen LogP contribution in [-0.4, -0.2) is 56.9 Å². The molecule has 0 saturated carbocycles. The molecule has 4 aromatic heterocycles. The molecule has 2 aromatic carbocycles. The van der Waals surface area contributed by atoms with Gasteiger partial charge in [-0.25, -0.2) is 0 Å². The molecule has 0 aliphatic carbocycles. The Kier molecular flexibility index (Phi) is 32.1. The molecule has 0 unspecified atom stereocenters. The monoisotopic (exact) mass is 950 g/mol. The Morgan fingerprint density at radius 2 is 0.750 bits per heavy atom. The van der Waals surface area contributed by atoms with Crippen molar-refractivity contribution in [1.82, 2.24) is 29.7 Å². The standard InChI is InChI=1S/2C18H19N3.2Cd.4N3/c2*1-21(13-11-16-7-4-5-12-19-16)14-17-10-9-15-6-2-3-8-18(15)20-17;;;4*1-3-2/h2*2-10,12H,11,13-14H2,1H3;;;;;;/q;;2*+2;4*-1. The molecule has 6 rings (SSSR count). The minimum absolute atomic E-state index is 0.